The summed E-state index contributed by atoms with van der Waals surface area (Å²) in [6.45, 7) is 2.27. The van der Waals surface area contributed by atoms with E-state index in [0.717, 1.165) is 37.2 Å². The van der Waals surface area contributed by atoms with E-state index >= 15 is 0 Å². The van der Waals surface area contributed by atoms with Gasteiger partial charge in [-0.3, -0.25) is 0 Å². The Balaban J connectivity index is 1.56. The van der Waals surface area contributed by atoms with Gasteiger partial charge in [-0.05, 0) is 42.7 Å². The Morgan fingerprint density at radius 1 is 1.00 bits per heavy atom. The minimum Gasteiger partial charge on any atom is -0.392 e. The van der Waals surface area contributed by atoms with Gasteiger partial charge in [0.15, 0.2) is 0 Å². The molecule has 1 saturated heterocycles. The molecule has 0 amide bonds. The van der Waals surface area contributed by atoms with E-state index in [1.807, 2.05) is 18.2 Å². The van der Waals surface area contributed by atoms with Gasteiger partial charge in [0, 0.05) is 30.5 Å². The normalized spacial score (nSPS) is 16.0. The number of hydrogen-bond donors (Lipinski definition) is 2. The first kappa shape index (κ1) is 14.0. The molecule has 0 saturated carbocycles. The van der Waals surface area contributed by atoms with Crippen LogP contribution in [0.4, 0.5) is 11.4 Å². The highest BCUT2D eigenvalue weighted by Gasteiger charge is 2.19. The van der Waals surface area contributed by atoms with Crippen molar-refractivity contribution < 1.29 is 5.11 Å². The van der Waals surface area contributed by atoms with Crippen LogP contribution in [0.25, 0.3) is 0 Å². The van der Waals surface area contributed by atoms with E-state index in [4.69, 9.17) is 0 Å². The molecule has 3 nitrogen and oxygen atoms in total. The number of anilines is 2. The van der Waals surface area contributed by atoms with Crippen LogP contribution in [0.15, 0.2) is 54.6 Å². The quantitative estimate of drug-likeness (QED) is 0.903. The van der Waals surface area contributed by atoms with Gasteiger partial charge in [0.05, 0.1) is 6.61 Å². The van der Waals surface area contributed by atoms with Crippen LogP contribution in [0.1, 0.15) is 18.4 Å². The molecule has 110 valence electrons. The lowest BCUT2D eigenvalue weighted by atomic mass is 10.0. The van der Waals surface area contributed by atoms with Crippen LogP contribution in [0.2, 0.25) is 0 Å². The number of hydrogen-bond acceptors (Lipinski definition) is 3. The summed E-state index contributed by atoms with van der Waals surface area (Å²) in [5, 5.41) is 12.8. The molecule has 0 spiro atoms. The van der Waals surface area contributed by atoms with Gasteiger partial charge in [0.2, 0.25) is 0 Å². The SMILES string of the molecule is OCc1cccc(NC2CCN(c3ccccc3)CC2)c1. The molecule has 2 aromatic carbocycles. The summed E-state index contributed by atoms with van der Waals surface area (Å²) in [6, 6.07) is 19.2. The second-order valence-electron chi connectivity index (χ2n) is 5.60. The molecule has 3 rings (SSSR count). The number of nitrogens with zero attached hydrogens (tertiary/aromatic N) is 1. The first-order chi connectivity index (χ1) is 10.3. The van der Waals surface area contributed by atoms with Crippen molar-refractivity contribution in [2.75, 3.05) is 23.3 Å². The van der Waals surface area contributed by atoms with E-state index in [0.29, 0.717) is 6.04 Å². The van der Waals surface area contributed by atoms with E-state index in [1.54, 1.807) is 0 Å². The monoisotopic (exact) mass is 282 g/mol. The van der Waals surface area contributed by atoms with Crippen LogP contribution in [0.5, 0.6) is 0 Å². The molecule has 0 unspecified atom stereocenters. The molecule has 0 atom stereocenters. The molecule has 2 aromatic rings. The lowest BCUT2D eigenvalue weighted by Crippen LogP contribution is -2.39. The predicted molar refractivity (Wildman–Crippen MR) is 87.7 cm³/mol. The molecular formula is C18H22N2O. The largest absolute Gasteiger partial charge is 0.392 e. The summed E-state index contributed by atoms with van der Waals surface area (Å²) in [7, 11) is 0. The van der Waals surface area contributed by atoms with Crippen molar-refractivity contribution in [1.82, 2.24) is 0 Å². The molecule has 0 radical (unpaired) electrons. The Bertz CT molecular complexity index is 562. The fraction of sp³-hybridized carbons (Fsp3) is 0.333. The summed E-state index contributed by atoms with van der Waals surface area (Å²) >= 11 is 0. The van der Waals surface area contributed by atoms with Crippen molar-refractivity contribution >= 4 is 11.4 Å². The maximum absolute atomic E-state index is 9.19. The molecule has 0 aliphatic carbocycles. The van der Waals surface area contributed by atoms with E-state index in [1.165, 1.54) is 5.69 Å². The molecule has 0 aromatic heterocycles. The van der Waals surface area contributed by atoms with E-state index in [2.05, 4.69) is 46.6 Å². The number of nitrogens with one attached hydrogen (secondary N) is 1. The average Bonchev–Trinajstić information content (AvgIpc) is 2.56. The van der Waals surface area contributed by atoms with Gasteiger partial charge in [-0.1, -0.05) is 30.3 Å². The van der Waals surface area contributed by atoms with Crippen LogP contribution < -0.4 is 10.2 Å². The Hall–Kier alpha value is -2.00. The van der Waals surface area contributed by atoms with Crippen molar-refractivity contribution in [3.63, 3.8) is 0 Å². The zero-order chi connectivity index (χ0) is 14.5. The first-order valence-corrected chi connectivity index (χ1v) is 7.61. The summed E-state index contributed by atoms with van der Waals surface area (Å²) in [5.41, 5.74) is 3.39. The standard InChI is InChI=1S/C18H22N2O/c21-14-15-5-4-6-17(13-15)19-16-9-11-20(12-10-16)18-7-2-1-3-8-18/h1-8,13,16,19,21H,9-12,14H2. The number of aliphatic hydroxyl groups is 1. The Morgan fingerprint density at radius 3 is 2.48 bits per heavy atom. The number of rotatable bonds is 4. The van der Waals surface area contributed by atoms with E-state index < -0.39 is 0 Å². The highest BCUT2D eigenvalue weighted by atomic mass is 16.3. The number of benzene rings is 2. The van der Waals surface area contributed by atoms with Gasteiger partial charge in [-0.15, -0.1) is 0 Å². The molecule has 2 N–H and O–H groups in total. The summed E-state index contributed by atoms with van der Waals surface area (Å²) < 4.78 is 0. The Morgan fingerprint density at radius 2 is 1.76 bits per heavy atom. The minimum absolute atomic E-state index is 0.0992. The van der Waals surface area contributed by atoms with Crippen molar-refractivity contribution in [3.8, 4) is 0 Å². The van der Waals surface area contributed by atoms with Crippen LogP contribution in [0, 0.1) is 0 Å². The maximum atomic E-state index is 9.19. The van der Waals surface area contributed by atoms with Crippen LogP contribution in [-0.4, -0.2) is 24.2 Å². The smallest absolute Gasteiger partial charge is 0.0682 e. The van der Waals surface area contributed by atoms with Gasteiger partial charge >= 0.3 is 0 Å². The third-order valence-corrected chi connectivity index (χ3v) is 4.10. The van der Waals surface area contributed by atoms with Crippen LogP contribution in [0.3, 0.4) is 0 Å². The van der Waals surface area contributed by atoms with Crippen molar-refractivity contribution in [1.29, 1.82) is 0 Å². The predicted octanol–water partition coefficient (Wildman–Crippen LogP) is 3.26. The molecule has 1 aliphatic heterocycles. The lowest BCUT2D eigenvalue weighted by Gasteiger charge is -2.34. The fourth-order valence-electron chi connectivity index (χ4n) is 2.92. The van der Waals surface area contributed by atoms with Crippen molar-refractivity contribution in [2.24, 2.45) is 0 Å². The Labute approximate surface area is 126 Å². The molecule has 1 aliphatic rings. The molecular weight excluding hydrogens is 260 g/mol. The molecule has 0 bridgehead atoms. The lowest BCUT2D eigenvalue weighted by molar-refractivity contribution is 0.282. The highest BCUT2D eigenvalue weighted by Crippen LogP contribution is 2.22. The zero-order valence-corrected chi connectivity index (χ0v) is 12.2. The highest BCUT2D eigenvalue weighted by molar-refractivity contribution is 5.48. The molecule has 1 fully saturated rings. The summed E-state index contributed by atoms with van der Waals surface area (Å²) in [6.07, 6.45) is 2.27. The average molecular weight is 282 g/mol. The second-order valence-corrected chi connectivity index (χ2v) is 5.60. The van der Waals surface area contributed by atoms with E-state index in [9.17, 15) is 5.11 Å². The van der Waals surface area contributed by atoms with Gasteiger partial charge in [0.1, 0.15) is 0 Å². The second kappa shape index (κ2) is 6.64. The summed E-state index contributed by atoms with van der Waals surface area (Å²) in [5.74, 6) is 0. The van der Waals surface area contributed by atoms with Crippen LogP contribution >= 0.6 is 0 Å². The van der Waals surface area contributed by atoms with Crippen LogP contribution in [-0.2, 0) is 6.61 Å². The van der Waals surface area contributed by atoms with Gasteiger partial charge in [-0.25, -0.2) is 0 Å². The van der Waals surface area contributed by atoms with Gasteiger partial charge in [-0.2, -0.15) is 0 Å². The third kappa shape index (κ3) is 3.56. The third-order valence-electron chi connectivity index (χ3n) is 4.10. The van der Waals surface area contributed by atoms with Crippen molar-refractivity contribution in [3.05, 3.63) is 60.2 Å². The van der Waals surface area contributed by atoms with Gasteiger partial charge < -0.3 is 15.3 Å². The Kier molecular flexibility index (Phi) is 4.41. The maximum Gasteiger partial charge on any atom is 0.0682 e. The fourth-order valence-corrected chi connectivity index (χ4v) is 2.92. The molecule has 3 heteroatoms. The topological polar surface area (TPSA) is 35.5 Å². The van der Waals surface area contributed by atoms with Gasteiger partial charge in [0.25, 0.3) is 0 Å². The summed E-state index contributed by atoms with van der Waals surface area (Å²) in [4.78, 5) is 2.45. The van der Waals surface area contributed by atoms with Crippen molar-refractivity contribution in [2.45, 2.75) is 25.5 Å². The van der Waals surface area contributed by atoms with E-state index in [-0.39, 0.29) is 6.61 Å². The first-order valence-electron chi connectivity index (χ1n) is 7.61. The minimum atomic E-state index is 0.0992. The number of piperidine rings is 1. The zero-order valence-electron chi connectivity index (χ0n) is 12.2. The number of para-hydroxylation sites is 1. The molecule has 1 heterocycles. The molecule has 21 heavy (non-hydrogen) atoms. The number of aliphatic hydroxyl groups excluding tert-OH is 1.